The molecule has 0 aromatic heterocycles. The topological polar surface area (TPSA) is 105 Å². The molecule has 8 nitrogen and oxygen atoms in total. The minimum absolute atomic E-state index is 0.0801. The van der Waals surface area contributed by atoms with Gasteiger partial charge in [-0.15, -0.1) is 0 Å². The second-order valence-corrected chi connectivity index (χ2v) is 8.48. The summed E-state index contributed by atoms with van der Waals surface area (Å²) in [5.41, 5.74) is 2.85. The van der Waals surface area contributed by atoms with E-state index in [0.29, 0.717) is 33.9 Å². The molecule has 1 aliphatic heterocycles. The van der Waals surface area contributed by atoms with Crippen molar-refractivity contribution < 1.29 is 23.9 Å². The van der Waals surface area contributed by atoms with Gasteiger partial charge in [0.15, 0.2) is 5.78 Å². The Hall–Kier alpha value is -4.43. The van der Waals surface area contributed by atoms with Crippen LogP contribution in [0.1, 0.15) is 33.2 Å². The first-order chi connectivity index (χ1) is 17.2. The summed E-state index contributed by atoms with van der Waals surface area (Å²) in [5, 5.41) is 5.38. The Bertz CT molecular complexity index is 1430. The van der Waals surface area contributed by atoms with Crippen LogP contribution < -0.4 is 20.3 Å². The van der Waals surface area contributed by atoms with Crippen molar-refractivity contribution in [3.63, 3.8) is 0 Å². The molecule has 182 valence electrons. The lowest BCUT2D eigenvalue weighted by molar-refractivity contribution is -0.120. The van der Waals surface area contributed by atoms with Gasteiger partial charge < -0.3 is 15.4 Å². The normalized spacial score (nSPS) is 13.2. The number of halogens is 1. The Morgan fingerprint density at radius 3 is 2.28 bits per heavy atom. The summed E-state index contributed by atoms with van der Waals surface area (Å²) in [6.07, 6.45) is 0. The smallest absolute Gasteiger partial charge is 0.283 e. The van der Waals surface area contributed by atoms with Crippen LogP contribution in [0.2, 0.25) is 0 Å². The Labute approximate surface area is 212 Å². The lowest BCUT2D eigenvalue weighted by Gasteiger charge is -2.18. The van der Waals surface area contributed by atoms with Gasteiger partial charge in [0.05, 0.1) is 12.8 Å². The van der Waals surface area contributed by atoms with Gasteiger partial charge >= 0.3 is 0 Å². The van der Waals surface area contributed by atoms with Crippen LogP contribution in [-0.2, 0) is 9.59 Å². The fourth-order valence-corrected chi connectivity index (χ4v) is 3.89. The van der Waals surface area contributed by atoms with Crippen molar-refractivity contribution in [2.75, 3.05) is 22.6 Å². The number of hydrogen-bond acceptors (Lipinski definition) is 6. The molecule has 0 saturated carbocycles. The van der Waals surface area contributed by atoms with Crippen LogP contribution in [0.15, 0.2) is 77.5 Å². The number of nitrogens with one attached hydrogen (secondary N) is 2. The molecule has 1 aliphatic rings. The largest absolute Gasteiger partial charge is 0.495 e. The van der Waals surface area contributed by atoms with Crippen LogP contribution in [-0.4, -0.2) is 30.6 Å². The molecule has 9 heteroatoms. The lowest BCUT2D eigenvalue weighted by atomic mass is 10.1. The summed E-state index contributed by atoms with van der Waals surface area (Å²) in [4.78, 5) is 51.1. The number of imide groups is 1. The zero-order chi connectivity index (χ0) is 26.0. The predicted octanol–water partition coefficient (Wildman–Crippen LogP) is 4.89. The van der Waals surface area contributed by atoms with Crippen molar-refractivity contribution in [1.82, 2.24) is 0 Å². The summed E-state index contributed by atoms with van der Waals surface area (Å²) in [5.74, 6) is -1.41. The molecule has 4 rings (SSSR count). The Morgan fingerprint density at radius 1 is 0.889 bits per heavy atom. The number of nitrogens with zero attached hydrogens (tertiary/aromatic N) is 1. The number of carbonyl (C=O) groups excluding carboxylic acids is 4. The Kier molecular flexibility index (Phi) is 6.89. The van der Waals surface area contributed by atoms with E-state index in [9.17, 15) is 19.2 Å². The summed E-state index contributed by atoms with van der Waals surface area (Å²) in [6, 6.07) is 18.1. The van der Waals surface area contributed by atoms with Crippen molar-refractivity contribution in [3.8, 4) is 5.75 Å². The van der Waals surface area contributed by atoms with Crippen LogP contribution in [0, 0.1) is 6.92 Å². The highest BCUT2D eigenvalue weighted by Crippen LogP contribution is 2.36. The first-order valence-corrected chi connectivity index (χ1v) is 11.3. The SMILES string of the molecule is COc1ccc(C)cc1N1C(=O)C(Cl)=C(Nc2ccc(C(=O)Nc3cccc(C(C)=O)c3)cc2)C1=O. The summed E-state index contributed by atoms with van der Waals surface area (Å²) < 4.78 is 5.31. The molecule has 0 unspecified atom stereocenters. The van der Waals surface area contributed by atoms with Crippen LogP contribution >= 0.6 is 11.6 Å². The number of amides is 3. The second kappa shape index (κ2) is 10.1. The summed E-state index contributed by atoms with van der Waals surface area (Å²) >= 11 is 6.24. The molecule has 2 N–H and O–H groups in total. The molecule has 0 fully saturated rings. The highest BCUT2D eigenvalue weighted by molar-refractivity contribution is 6.53. The van der Waals surface area contributed by atoms with E-state index < -0.39 is 11.8 Å². The molecular weight excluding hydrogens is 482 g/mol. The maximum atomic E-state index is 13.1. The molecule has 3 amide bonds. The fourth-order valence-electron chi connectivity index (χ4n) is 3.67. The van der Waals surface area contributed by atoms with Crippen LogP contribution in [0.5, 0.6) is 5.75 Å². The average molecular weight is 504 g/mol. The Morgan fingerprint density at radius 2 is 1.61 bits per heavy atom. The van der Waals surface area contributed by atoms with Crippen molar-refractivity contribution in [1.29, 1.82) is 0 Å². The lowest BCUT2D eigenvalue weighted by Crippen LogP contribution is -2.32. The van der Waals surface area contributed by atoms with Crippen molar-refractivity contribution in [3.05, 3.63) is 94.1 Å². The van der Waals surface area contributed by atoms with E-state index in [2.05, 4.69) is 10.6 Å². The van der Waals surface area contributed by atoms with Gasteiger partial charge in [-0.05, 0) is 67.9 Å². The van der Waals surface area contributed by atoms with Crippen molar-refractivity contribution >= 4 is 52.2 Å². The molecule has 0 bridgehead atoms. The number of ketones is 1. The number of hydrogen-bond donors (Lipinski definition) is 2. The first-order valence-electron chi connectivity index (χ1n) is 10.9. The predicted molar refractivity (Wildman–Crippen MR) is 138 cm³/mol. The van der Waals surface area contributed by atoms with E-state index in [0.717, 1.165) is 10.5 Å². The van der Waals surface area contributed by atoms with Gasteiger partial charge in [-0.3, -0.25) is 19.2 Å². The quantitative estimate of drug-likeness (QED) is 0.351. The van der Waals surface area contributed by atoms with Crippen LogP contribution in [0.25, 0.3) is 0 Å². The number of Topliss-reactive ketones (excluding diaryl/α,β-unsaturated/α-hetero) is 1. The van der Waals surface area contributed by atoms with Gasteiger partial charge in [0, 0.05) is 22.5 Å². The molecular formula is C27H22ClN3O5. The molecule has 3 aromatic rings. The van der Waals surface area contributed by atoms with Crippen LogP contribution in [0.3, 0.4) is 0 Å². The number of methoxy groups -OCH3 is 1. The standard InChI is InChI=1S/C27H22ClN3O5/c1-15-7-12-22(36-3)21(13-15)31-26(34)23(28)24(27(31)35)29-19-10-8-17(9-11-19)25(33)30-20-6-4-5-18(14-20)16(2)32/h4-14,29H,1-3H3,(H,30,33). The van der Waals surface area contributed by atoms with E-state index in [1.54, 1.807) is 66.7 Å². The minimum Gasteiger partial charge on any atom is -0.495 e. The summed E-state index contributed by atoms with van der Waals surface area (Å²) in [6.45, 7) is 3.29. The Balaban J connectivity index is 1.50. The zero-order valence-electron chi connectivity index (χ0n) is 19.7. The van der Waals surface area contributed by atoms with Gasteiger partial charge in [0.1, 0.15) is 16.5 Å². The van der Waals surface area contributed by atoms with Gasteiger partial charge in [-0.2, -0.15) is 0 Å². The van der Waals surface area contributed by atoms with Gasteiger partial charge in [-0.25, -0.2) is 4.90 Å². The monoisotopic (exact) mass is 503 g/mol. The first kappa shape index (κ1) is 24.7. The minimum atomic E-state index is -0.670. The highest BCUT2D eigenvalue weighted by Gasteiger charge is 2.40. The maximum absolute atomic E-state index is 13.1. The second-order valence-electron chi connectivity index (χ2n) is 8.10. The van der Waals surface area contributed by atoms with E-state index in [1.807, 2.05) is 6.92 Å². The van der Waals surface area contributed by atoms with Gasteiger partial charge in [0.2, 0.25) is 0 Å². The number of aryl methyl sites for hydroxylation is 1. The molecule has 0 saturated heterocycles. The van der Waals surface area contributed by atoms with E-state index in [1.165, 1.54) is 14.0 Å². The van der Waals surface area contributed by atoms with Crippen molar-refractivity contribution in [2.45, 2.75) is 13.8 Å². The maximum Gasteiger partial charge on any atom is 0.283 e. The molecule has 36 heavy (non-hydrogen) atoms. The van der Waals surface area contributed by atoms with Gasteiger partial charge in [0.25, 0.3) is 17.7 Å². The van der Waals surface area contributed by atoms with Crippen molar-refractivity contribution in [2.24, 2.45) is 0 Å². The molecule has 0 aliphatic carbocycles. The third-order valence-corrected chi connectivity index (χ3v) is 5.90. The molecule has 0 spiro atoms. The molecule has 0 radical (unpaired) electrons. The molecule has 0 atom stereocenters. The number of rotatable bonds is 7. The molecule has 3 aromatic carbocycles. The van der Waals surface area contributed by atoms with Gasteiger partial charge in [-0.1, -0.05) is 29.8 Å². The zero-order valence-corrected chi connectivity index (χ0v) is 20.5. The number of benzene rings is 3. The third kappa shape index (κ3) is 4.85. The highest BCUT2D eigenvalue weighted by atomic mass is 35.5. The third-order valence-electron chi connectivity index (χ3n) is 5.55. The van der Waals surface area contributed by atoms with E-state index in [4.69, 9.17) is 16.3 Å². The average Bonchev–Trinajstić information content (AvgIpc) is 3.07. The summed E-state index contributed by atoms with van der Waals surface area (Å²) in [7, 11) is 1.45. The number of ether oxygens (including phenoxy) is 1. The number of carbonyl (C=O) groups is 4. The molecule has 1 heterocycles. The fraction of sp³-hybridized carbons (Fsp3) is 0.111. The van der Waals surface area contributed by atoms with E-state index >= 15 is 0 Å². The van der Waals surface area contributed by atoms with E-state index in [-0.39, 0.29) is 22.4 Å². The van der Waals surface area contributed by atoms with Crippen LogP contribution in [0.4, 0.5) is 17.1 Å². The number of anilines is 3.